The maximum atomic E-state index is 11.8. The molecule has 1 unspecified atom stereocenters. The highest BCUT2D eigenvalue weighted by Gasteiger charge is 2.28. The van der Waals surface area contributed by atoms with Crippen molar-refractivity contribution in [3.8, 4) is 0 Å². The highest BCUT2D eigenvalue weighted by atomic mass is 35.5. The number of carbonyl (C=O) groups excluding carboxylic acids is 2. The maximum Gasteiger partial charge on any atom is 0.234 e. The normalized spacial score (nSPS) is 19.5. The van der Waals surface area contributed by atoms with E-state index in [0.29, 0.717) is 23.4 Å². The van der Waals surface area contributed by atoms with Crippen LogP contribution in [0.4, 0.5) is 0 Å². The lowest BCUT2D eigenvalue weighted by molar-refractivity contribution is -0.134. The van der Waals surface area contributed by atoms with Gasteiger partial charge < -0.3 is 0 Å². The molecule has 1 aliphatic rings. The Morgan fingerprint density at radius 1 is 1.26 bits per heavy atom. The summed E-state index contributed by atoms with van der Waals surface area (Å²) in [6.07, 6.45) is 2.27. The van der Waals surface area contributed by atoms with Crippen molar-refractivity contribution in [2.45, 2.75) is 18.8 Å². The number of carbonyl (C=O) groups is 2. The molecule has 1 N–H and O–H groups in total. The smallest absolute Gasteiger partial charge is 0.234 e. The summed E-state index contributed by atoms with van der Waals surface area (Å²) in [5.74, 6) is -0.801. The SMILES string of the molecule is O=C1CCC(c2ccc3ncnc(Cl)c3c2)C(=O)N1. The average molecular weight is 276 g/mol. The van der Waals surface area contributed by atoms with Gasteiger partial charge in [-0.3, -0.25) is 14.9 Å². The van der Waals surface area contributed by atoms with Gasteiger partial charge in [-0.2, -0.15) is 0 Å². The van der Waals surface area contributed by atoms with Crippen molar-refractivity contribution in [1.82, 2.24) is 15.3 Å². The van der Waals surface area contributed by atoms with E-state index in [0.717, 1.165) is 11.1 Å². The summed E-state index contributed by atoms with van der Waals surface area (Å²) >= 11 is 6.02. The van der Waals surface area contributed by atoms with Crippen LogP contribution in [-0.2, 0) is 9.59 Å². The number of hydrogen-bond acceptors (Lipinski definition) is 4. The monoisotopic (exact) mass is 275 g/mol. The molecule has 1 aromatic carbocycles. The molecule has 1 fully saturated rings. The number of imide groups is 1. The Balaban J connectivity index is 2.04. The first-order valence-electron chi connectivity index (χ1n) is 5.89. The van der Waals surface area contributed by atoms with E-state index in [1.807, 2.05) is 18.2 Å². The largest absolute Gasteiger partial charge is 0.296 e. The molecule has 0 aliphatic carbocycles. The van der Waals surface area contributed by atoms with E-state index in [-0.39, 0.29) is 17.7 Å². The first-order chi connectivity index (χ1) is 9.15. The minimum absolute atomic E-state index is 0.219. The molecule has 5 nitrogen and oxygen atoms in total. The second-order valence-corrected chi connectivity index (χ2v) is 4.80. The molecule has 3 rings (SSSR count). The van der Waals surface area contributed by atoms with Crippen molar-refractivity contribution in [3.05, 3.63) is 35.2 Å². The molecule has 0 saturated carbocycles. The van der Waals surface area contributed by atoms with Crippen LogP contribution < -0.4 is 5.32 Å². The van der Waals surface area contributed by atoms with Gasteiger partial charge in [0.1, 0.15) is 11.5 Å². The zero-order valence-corrected chi connectivity index (χ0v) is 10.6. The molecular formula is C13H10ClN3O2. The van der Waals surface area contributed by atoms with E-state index in [9.17, 15) is 9.59 Å². The number of nitrogens with one attached hydrogen (secondary N) is 1. The Morgan fingerprint density at radius 2 is 2.11 bits per heavy atom. The van der Waals surface area contributed by atoms with Gasteiger partial charge in [-0.25, -0.2) is 9.97 Å². The fourth-order valence-corrected chi connectivity index (χ4v) is 2.47. The van der Waals surface area contributed by atoms with Gasteiger partial charge in [-0.05, 0) is 24.1 Å². The third-order valence-corrected chi connectivity index (χ3v) is 3.55. The van der Waals surface area contributed by atoms with Gasteiger partial charge in [0.2, 0.25) is 11.8 Å². The summed E-state index contributed by atoms with van der Waals surface area (Å²) in [4.78, 5) is 31.0. The zero-order chi connectivity index (χ0) is 13.4. The highest BCUT2D eigenvalue weighted by Crippen LogP contribution is 2.28. The molecule has 96 valence electrons. The molecule has 2 heterocycles. The maximum absolute atomic E-state index is 11.8. The molecule has 19 heavy (non-hydrogen) atoms. The second-order valence-electron chi connectivity index (χ2n) is 4.44. The third kappa shape index (κ3) is 2.17. The summed E-state index contributed by atoms with van der Waals surface area (Å²) in [5.41, 5.74) is 1.56. The molecule has 0 radical (unpaired) electrons. The third-order valence-electron chi connectivity index (χ3n) is 3.25. The van der Waals surface area contributed by atoms with E-state index in [4.69, 9.17) is 11.6 Å². The highest BCUT2D eigenvalue weighted by molar-refractivity contribution is 6.34. The lowest BCUT2D eigenvalue weighted by Gasteiger charge is -2.21. The van der Waals surface area contributed by atoms with Crippen LogP contribution in [0.15, 0.2) is 24.5 Å². The molecule has 1 aliphatic heterocycles. The Bertz CT molecular complexity index is 687. The number of nitrogens with zero attached hydrogens (tertiary/aromatic N) is 2. The second kappa shape index (κ2) is 4.59. The average Bonchev–Trinajstić information content (AvgIpc) is 2.39. The Labute approximate surface area is 114 Å². The summed E-state index contributed by atoms with van der Waals surface area (Å²) in [7, 11) is 0. The van der Waals surface area contributed by atoms with Crippen LogP contribution in [0.3, 0.4) is 0 Å². The summed E-state index contributed by atoms with van der Waals surface area (Å²) in [6, 6.07) is 5.46. The van der Waals surface area contributed by atoms with Crippen molar-refractivity contribution in [1.29, 1.82) is 0 Å². The van der Waals surface area contributed by atoms with Crippen molar-refractivity contribution < 1.29 is 9.59 Å². The number of halogens is 1. The van der Waals surface area contributed by atoms with Gasteiger partial charge in [-0.1, -0.05) is 17.7 Å². The van der Waals surface area contributed by atoms with E-state index >= 15 is 0 Å². The zero-order valence-electron chi connectivity index (χ0n) is 9.89. The first kappa shape index (κ1) is 12.0. The molecule has 1 saturated heterocycles. The van der Waals surface area contributed by atoms with E-state index < -0.39 is 0 Å². The fourth-order valence-electron chi connectivity index (χ4n) is 2.27. The molecule has 1 aromatic heterocycles. The van der Waals surface area contributed by atoms with Gasteiger partial charge in [0.15, 0.2) is 0 Å². The lowest BCUT2D eigenvalue weighted by atomic mass is 9.90. The number of benzene rings is 1. The quantitative estimate of drug-likeness (QED) is 0.636. The minimum atomic E-state index is -0.321. The van der Waals surface area contributed by atoms with Crippen LogP contribution in [0.5, 0.6) is 0 Å². The van der Waals surface area contributed by atoms with Crippen molar-refractivity contribution in [3.63, 3.8) is 0 Å². The van der Waals surface area contributed by atoms with Crippen molar-refractivity contribution in [2.75, 3.05) is 0 Å². The predicted octanol–water partition coefficient (Wildman–Crippen LogP) is 1.80. The van der Waals surface area contributed by atoms with E-state index in [2.05, 4.69) is 15.3 Å². The van der Waals surface area contributed by atoms with Crippen LogP contribution in [0.2, 0.25) is 5.15 Å². The van der Waals surface area contributed by atoms with Crippen LogP contribution in [0.25, 0.3) is 10.9 Å². The minimum Gasteiger partial charge on any atom is -0.296 e. The first-order valence-corrected chi connectivity index (χ1v) is 6.27. The summed E-state index contributed by atoms with van der Waals surface area (Å²) in [5, 5.41) is 3.42. The number of aromatic nitrogens is 2. The molecule has 6 heteroatoms. The van der Waals surface area contributed by atoms with Gasteiger partial charge in [0.05, 0.1) is 11.4 Å². The topological polar surface area (TPSA) is 72.0 Å². The number of rotatable bonds is 1. The van der Waals surface area contributed by atoms with Gasteiger partial charge >= 0.3 is 0 Å². The Hall–Kier alpha value is -2.01. The van der Waals surface area contributed by atoms with E-state index in [1.165, 1.54) is 6.33 Å². The van der Waals surface area contributed by atoms with Crippen LogP contribution in [0.1, 0.15) is 24.3 Å². The standard InChI is InChI=1S/C13H10ClN3O2/c14-12-9-5-7(1-3-10(9)15-6-16-12)8-2-4-11(18)17-13(8)19/h1,3,5-6,8H,2,4H2,(H,17,18,19). The van der Waals surface area contributed by atoms with Crippen LogP contribution in [-0.4, -0.2) is 21.8 Å². The number of fused-ring (bicyclic) bond motifs is 1. The fraction of sp³-hybridized carbons (Fsp3) is 0.231. The van der Waals surface area contributed by atoms with E-state index in [1.54, 1.807) is 0 Å². The van der Waals surface area contributed by atoms with Crippen LogP contribution >= 0.6 is 11.6 Å². The number of piperidine rings is 1. The Kier molecular flexibility index (Phi) is 2.91. The van der Waals surface area contributed by atoms with Crippen molar-refractivity contribution in [2.24, 2.45) is 0 Å². The summed E-state index contributed by atoms with van der Waals surface area (Å²) < 4.78 is 0. The molecule has 2 aromatic rings. The molecule has 0 bridgehead atoms. The van der Waals surface area contributed by atoms with Crippen LogP contribution in [0, 0.1) is 0 Å². The number of amides is 2. The Morgan fingerprint density at radius 3 is 2.89 bits per heavy atom. The molecule has 2 amide bonds. The van der Waals surface area contributed by atoms with Gasteiger partial charge in [0, 0.05) is 11.8 Å². The number of hydrogen-bond donors (Lipinski definition) is 1. The van der Waals surface area contributed by atoms with Crippen molar-refractivity contribution >= 4 is 34.3 Å². The molecule has 0 spiro atoms. The predicted molar refractivity (Wildman–Crippen MR) is 69.7 cm³/mol. The lowest BCUT2D eigenvalue weighted by Crippen LogP contribution is -2.39. The molecular weight excluding hydrogens is 266 g/mol. The van der Waals surface area contributed by atoms with Gasteiger partial charge in [0.25, 0.3) is 0 Å². The van der Waals surface area contributed by atoms with Gasteiger partial charge in [-0.15, -0.1) is 0 Å². The molecule has 1 atom stereocenters. The summed E-state index contributed by atoms with van der Waals surface area (Å²) in [6.45, 7) is 0.